The van der Waals surface area contributed by atoms with Crippen LogP contribution in [0.2, 0.25) is 0 Å². The number of aryl methyl sites for hydroxylation is 1. The molecule has 4 aromatic heterocycles. The number of aromatic nitrogens is 6. The summed E-state index contributed by atoms with van der Waals surface area (Å²) in [5.41, 5.74) is -2.75. The highest BCUT2D eigenvalue weighted by atomic mass is 19.4. The molecule has 9 nitrogen and oxygen atoms in total. The van der Waals surface area contributed by atoms with Crippen molar-refractivity contribution in [3.63, 3.8) is 0 Å². The zero-order valence-corrected chi connectivity index (χ0v) is 20.0. The van der Waals surface area contributed by atoms with E-state index in [-0.39, 0.29) is 23.3 Å². The van der Waals surface area contributed by atoms with Crippen molar-refractivity contribution in [1.29, 1.82) is 0 Å². The fourth-order valence-corrected chi connectivity index (χ4v) is 4.29. The highest BCUT2D eigenvalue weighted by Gasteiger charge is 2.37. The average molecular weight is 527 g/mol. The predicted molar refractivity (Wildman–Crippen MR) is 132 cm³/mol. The normalized spacial score (nSPS) is 12.8. The summed E-state index contributed by atoms with van der Waals surface area (Å²) in [4.78, 5) is 29.0. The van der Waals surface area contributed by atoms with Crippen molar-refractivity contribution in [3.8, 4) is 11.4 Å². The van der Waals surface area contributed by atoms with Gasteiger partial charge in [0.25, 0.3) is 11.1 Å². The van der Waals surface area contributed by atoms with Crippen LogP contribution < -0.4 is 16.4 Å². The lowest BCUT2D eigenvalue weighted by atomic mass is 10.1. The molecule has 0 saturated carbocycles. The lowest BCUT2D eigenvalue weighted by molar-refractivity contribution is -0.138. The minimum Gasteiger partial charge on any atom is -0.381 e. The molecule has 5 rings (SSSR count). The van der Waals surface area contributed by atoms with Gasteiger partial charge in [-0.3, -0.25) is 9.59 Å². The number of benzene rings is 1. The van der Waals surface area contributed by atoms with Crippen LogP contribution in [0.1, 0.15) is 25.3 Å². The number of nitrogens with one attached hydrogen (secondary N) is 2. The van der Waals surface area contributed by atoms with Crippen LogP contribution in [-0.2, 0) is 12.7 Å². The van der Waals surface area contributed by atoms with Crippen LogP contribution in [0.5, 0.6) is 0 Å². The molecule has 0 aliphatic carbocycles. The van der Waals surface area contributed by atoms with Gasteiger partial charge < -0.3 is 9.88 Å². The second kappa shape index (κ2) is 9.72. The maximum Gasteiger partial charge on any atom is 0.423 e. The Balaban J connectivity index is 1.31. The molecule has 0 aliphatic heterocycles. The summed E-state index contributed by atoms with van der Waals surface area (Å²) in [7, 11) is 0. The highest BCUT2D eigenvalue weighted by molar-refractivity contribution is 5.86. The first-order valence-electron chi connectivity index (χ1n) is 11.7. The third-order valence-corrected chi connectivity index (χ3v) is 6.12. The van der Waals surface area contributed by atoms with Crippen LogP contribution in [0, 0.1) is 5.82 Å². The van der Waals surface area contributed by atoms with Crippen molar-refractivity contribution in [2.24, 2.45) is 0 Å². The summed E-state index contributed by atoms with van der Waals surface area (Å²) in [6.45, 7) is 1.92. The quantitative estimate of drug-likeness (QED) is 0.307. The molecule has 0 bridgehead atoms. The van der Waals surface area contributed by atoms with E-state index < -0.39 is 40.4 Å². The highest BCUT2D eigenvalue weighted by Crippen LogP contribution is 2.32. The molecule has 1 aromatic carbocycles. The Kier molecular flexibility index (Phi) is 6.43. The number of pyridine rings is 2. The predicted octanol–water partition coefficient (Wildman–Crippen LogP) is 4.23. The number of anilines is 1. The van der Waals surface area contributed by atoms with Crippen molar-refractivity contribution in [2.45, 2.75) is 38.5 Å². The lowest BCUT2D eigenvalue weighted by Gasteiger charge is -2.18. The zero-order valence-electron chi connectivity index (χ0n) is 20.0. The number of halogens is 4. The summed E-state index contributed by atoms with van der Waals surface area (Å²) >= 11 is 0. The number of alkyl halides is 3. The van der Waals surface area contributed by atoms with Gasteiger partial charge in [0.15, 0.2) is 11.5 Å². The Labute approximate surface area is 211 Å². The molecule has 38 heavy (non-hydrogen) atoms. The second-order valence-corrected chi connectivity index (χ2v) is 8.85. The Hall–Kier alpha value is -4.55. The van der Waals surface area contributed by atoms with Gasteiger partial charge in [-0.15, -0.1) is 5.10 Å². The molecule has 5 aromatic rings. The maximum absolute atomic E-state index is 15.0. The van der Waals surface area contributed by atoms with Gasteiger partial charge in [-0.25, -0.2) is 19.0 Å². The van der Waals surface area contributed by atoms with Crippen LogP contribution in [-0.4, -0.2) is 35.4 Å². The van der Waals surface area contributed by atoms with Gasteiger partial charge in [-0.2, -0.15) is 18.3 Å². The molecule has 0 aliphatic rings. The van der Waals surface area contributed by atoms with E-state index in [1.807, 2.05) is 0 Å². The zero-order chi connectivity index (χ0) is 27.0. The topological polar surface area (TPSA) is 110 Å². The number of fused-ring (bicyclic) bond motifs is 2. The largest absolute Gasteiger partial charge is 0.423 e. The summed E-state index contributed by atoms with van der Waals surface area (Å²) in [6.07, 6.45) is 0.187. The number of hydrogen-bond acceptors (Lipinski definition) is 6. The number of aromatic amines is 1. The molecule has 196 valence electrons. The lowest BCUT2D eigenvalue weighted by Crippen LogP contribution is -2.27. The molecule has 4 heterocycles. The third-order valence-electron chi connectivity index (χ3n) is 6.12. The van der Waals surface area contributed by atoms with Crippen LogP contribution in [0.25, 0.3) is 27.8 Å². The molecule has 1 atom stereocenters. The van der Waals surface area contributed by atoms with Gasteiger partial charge in [0.05, 0.1) is 22.8 Å². The fraction of sp³-hybridized carbons (Fsp3) is 0.240. The monoisotopic (exact) mass is 527 g/mol. The molecule has 1 unspecified atom stereocenters. The van der Waals surface area contributed by atoms with Crippen molar-refractivity contribution >= 4 is 22.1 Å². The molecule has 0 fully saturated rings. The molecule has 0 radical (unpaired) electrons. The van der Waals surface area contributed by atoms with E-state index in [4.69, 9.17) is 0 Å². The first kappa shape index (κ1) is 25.1. The Morgan fingerprint density at radius 1 is 1.13 bits per heavy atom. The molecule has 0 spiro atoms. The standard InChI is InChI=1S/C25H21F4N7O2/c1-14(31-19-13-30-33-23(37)21(19)25(27,28)29)5-4-8-35-10-7-15-11-17(18(26)12-16(15)24(35)38)22-32-20-6-2-3-9-36(20)34-22/h2-3,6-7,9-14H,4-5,8H2,1H3,(H2,31,33,37). The summed E-state index contributed by atoms with van der Waals surface area (Å²) in [6, 6.07) is 9.26. The van der Waals surface area contributed by atoms with Crippen LogP contribution in [0.3, 0.4) is 0 Å². The van der Waals surface area contributed by atoms with Gasteiger partial charge in [-0.05, 0) is 55.5 Å². The molecular weight excluding hydrogens is 506 g/mol. The SMILES string of the molecule is CC(CCCn1ccc2cc(-c3nc4ccccn4n3)c(F)cc2c1=O)Nc1cn[nH]c(=O)c1C(F)(F)F. The van der Waals surface area contributed by atoms with E-state index in [2.05, 4.69) is 20.5 Å². The molecule has 13 heteroatoms. The molecule has 2 N–H and O–H groups in total. The third kappa shape index (κ3) is 4.86. The molecule has 0 saturated heterocycles. The fourth-order valence-electron chi connectivity index (χ4n) is 4.29. The minimum absolute atomic E-state index is 0.172. The number of rotatable bonds is 7. The van der Waals surface area contributed by atoms with Gasteiger partial charge in [0.1, 0.15) is 11.4 Å². The Morgan fingerprint density at radius 3 is 2.71 bits per heavy atom. The second-order valence-electron chi connectivity index (χ2n) is 8.85. The van der Waals surface area contributed by atoms with E-state index in [1.165, 1.54) is 15.1 Å². The summed E-state index contributed by atoms with van der Waals surface area (Å²) in [5.74, 6) is -0.432. The van der Waals surface area contributed by atoms with Crippen molar-refractivity contribution < 1.29 is 17.6 Å². The summed E-state index contributed by atoms with van der Waals surface area (Å²) in [5, 5.41) is 12.9. The number of nitrogens with zero attached hydrogens (tertiary/aromatic N) is 5. The number of hydrogen-bond donors (Lipinski definition) is 2. The molecule has 0 amide bonds. The minimum atomic E-state index is -4.84. The van der Waals surface area contributed by atoms with E-state index in [0.717, 1.165) is 12.3 Å². The van der Waals surface area contributed by atoms with Crippen LogP contribution in [0.15, 0.2) is 64.6 Å². The van der Waals surface area contributed by atoms with Crippen molar-refractivity contribution in [1.82, 2.24) is 29.4 Å². The van der Waals surface area contributed by atoms with Gasteiger partial charge >= 0.3 is 6.18 Å². The first-order valence-corrected chi connectivity index (χ1v) is 11.7. The number of H-pyrrole nitrogens is 1. The summed E-state index contributed by atoms with van der Waals surface area (Å²) < 4.78 is 57.7. The van der Waals surface area contributed by atoms with Gasteiger partial charge in [0, 0.05) is 25.0 Å². The van der Waals surface area contributed by atoms with Gasteiger partial charge in [-0.1, -0.05) is 6.07 Å². The smallest absolute Gasteiger partial charge is 0.381 e. The van der Waals surface area contributed by atoms with E-state index in [9.17, 15) is 27.2 Å². The van der Waals surface area contributed by atoms with Gasteiger partial charge in [0.2, 0.25) is 0 Å². The van der Waals surface area contributed by atoms with Crippen LogP contribution >= 0.6 is 0 Å². The van der Waals surface area contributed by atoms with Crippen molar-refractivity contribution in [3.05, 3.63) is 87.1 Å². The maximum atomic E-state index is 15.0. The molecular formula is C25H21F4N7O2. The Morgan fingerprint density at radius 2 is 1.95 bits per heavy atom. The Bertz CT molecular complexity index is 1720. The first-order chi connectivity index (χ1) is 18.1. The average Bonchev–Trinajstić information content (AvgIpc) is 3.29. The van der Waals surface area contributed by atoms with Crippen LogP contribution in [0.4, 0.5) is 23.2 Å². The van der Waals surface area contributed by atoms with E-state index >= 15 is 0 Å². The van der Waals surface area contributed by atoms with E-state index in [1.54, 1.807) is 48.7 Å². The van der Waals surface area contributed by atoms with E-state index in [0.29, 0.717) is 23.9 Å². The van der Waals surface area contributed by atoms with Crippen molar-refractivity contribution in [2.75, 3.05) is 5.32 Å².